The van der Waals surface area contributed by atoms with Crippen LogP contribution in [0.4, 0.5) is 0 Å². The van der Waals surface area contributed by atoms with E-state index >= 15 is 0 Å². The van der Waals surface area contributed by atoms with E-state index in [1.54, 1.807) is 0 Å². The van der Waals surface area contributed by atoms with Gasteiger partial charge in [0.25, 0.3) is 0 Å². The molecule has 1 aromatic carbocycles. The molecule has 0 aromatic heterocycles. The molecular weight excluding hydrogens is 274 g/mol. The van der Waals surface area contributed by atoms with Crippen molar-refractivity contribution in [3.8, 4) is 5.75 Å². The Balaban J connectivity index is 1.42. The van der Waals surface area contributed by atoms with E-state index in [0.717, 1.165) is 38.0 Å². The van der Waals surface area contributed by atoms with E-state index in [-0.39, 0.29) is 0 Å². The molecule has 2 fully saturated rings. The minimum atomic E-state index is 0.753. The van der Waals surface area contributed by atoms with Crippen LogP contribution in [0.5, 0.6) is 5.75 Å². The maximum Gasteiger partial charge on any atom is 0.122 e. The van der Waals surface area contributed by atoms with Gasteiger partial charge in [0.05, 0.1) is 0 Å². The molecule has 1 atom stereocenters. The van der Waals surface area contributed by atoms with Gasteiger partial charge in [-0.3, -0.25) is 9.80 Å². The van der Waals surface area contributed by atoms with Crippen molar-refractivity contribution >= 4 is 0 Å². The molecule has 0 aliphatic carbocycles. The van der Waals surface area contributed by atoms with Crippen LogP contribution in [0.15, 0.2) is 18.2 Å². The average Bonchev–Trinajstić information content (AvgIpc) is 3.00. The maximum atomic E-state index is 5.99. The SMILES string of the molecule is Cc1ccc(C)c(OCCN2CCC(N3CCNCC3)C2)c1. The number of nitrogens with zero attached hydrogens (tertiary/aromatic N) is 2. The van der Waals surface area contributed by atoms with E-state index in [4.69, 9.17) is 4.74 Å². The molecule has 4 nitrogen and oxygen atoms in total. The molecule has 1 aromatic rings. The first kappa shape index (κ1) is 15.8. The summed E-state index contributed by atoms with van der Waals surface area (Å²) in [5.41, 5.74) is 2.49. The van der Waals surface area contributed by atoms with Gasteiger partial charge in [-0.25, -0.2) is 0 Å². The molecule has 0 radical (unpaired) electrons. The van der Waals surface area contributed by atoms with Gasteiger partial charge in [0.2, 0.25) is 0 Å². The molecule has 0 saturated carbocycles. The van der Waals surface area contributed by atoms with Crippen LogP contribution in [-0.2, 0) is 0 Å². The Morgan fingerprint density at radius 1 is 1.18 bits per heavy atom. The second-order valence-corrected chi connectivity index (χ2v) is 6.65. The molecule has 0 amide bonds. The molecule has 4 heteroatoms. The zero-order chi connectivity index (χ0) is 15.4. The van der Waals surface area contributed by atoms with Crippen LogP contribution in [0.3, 0.4) is 0 Å². The lowest BCUT2D eigenvalue weighted by Gasteiger charge is -2.32. The van der Waals surface area contributed by atoms with Crippen molar-refractivity contribution in [2.24, 2.45) is 0 Å². The Morgan fingerprint density at radius 2 is 2.00 bits per heavy atom. The molecule has 22 heavy (non-hydrogen) atoms. The number of benzene rings is 1. The standard InChI is InChI=1S/C18H29N3O/c1-15-3-4-16(2)18(13-15)22-12-11-20-8-5-17(14-20)21-9-6-19-7-10-21/h3-4,13,17,19H,5-12,14H2,1-2H3. The summed E-state index contributed by atoms with van der Waals surface area (Å²) in [6.07, 6.45) is 1.31. The number of hydrogen-bond donors (Lipinski definition) is 1. The number of ether oxygens (including phenoxy) is 1. The van der Waals surface area contributed by atoms with E-state index in [2.05, 4.69) is 47.2 Å². The smallest absolute Gasteiger partial charge is 0.122 e. The minimum absolute atomic E-state index is 0.753. The molecule has 3 rings (SSSR count). The van der Waals surface area contributed by atoms with Crippen LogP contribution in [0.25, 0.3) is 0 Å². The zero-order valence-corrected chi connectivity index (χ0v) is 14.0. The molecular formula is C18H29N3O. The number of rotatable bonds is 5. The predicted octanol–water partition coefficient (Wildman–Crippen LogP) is 1.66. The van der Waals surface area contributed by atoms with Crippen molar-refractivity contribution in [1.29, 1.82) is 0 Å². The van der Waals surface area contributed by atoms with Crippen LogP contribution in [0.2, 0.25) is 0 Å². The molecule has 0 bridgehead atoms. The Bertz CT molecular complexity index is 485. The predicted molar refractivity (Wildman–Crippen MR) is 90.7 cm³/mol. The number of hydrogen-bond acceptors (Lipinski definition) is 4. The highest BCUT2D eigenvalue weighted by Gasteiger charge is 2.28. The lowest BCUT2D eigenvalue weighted by Crippen LogP contribution is -2.49. The van der Waals surface area contributed by atoms with Crippen molar-refractivity contribution in [3.05, 3.63) is 29.3 Å². The van der Waals surface area contributed by atoms with Gasteiger partial charge in [-0.2, -0.15) is 0 Å². The van der Waals surface area contributed by atoms with Crippen molar-refractivity contribution in [2.75, 3.05) is 52.4 Å². The van der Waals surface area contributed by atoms with E-state index in [0.29, 0.717) is 0 Å². The first-order chi connectivity index (χ1) is 10.7. The van der Waals surface area contributed by atoms with Gasteiger partial charge in [-0.05, 0) is 44.0 Å². The monoisotopic (exact) mass is 303 g/mol. The highest BCUT2D eigenvalue weighted by molar-refractivity contribution is 5.35. The molecule has 2 aliphatic heterocycles. The lowest BCUT2D eigenvalue weighted by molar-refractivity contribution is 0.165. The second-order valence-electron chi connectivity index (χ2n) is 6.65. The summed E-state index contributed by atoms with van der Waals surface area (Å²) < 4.78 is 5.99. The Morgan fingerprint density at radius 3 is 2.82 bits per heavy atom. The third-order valence-electron chi connectivity index (χ3n) is 4.92. The van der Waals surface area contributed by atoms with Crippen LogP contribution in [0, 0.1) is 13.8 Å². The topological polar surface area (TPSA) is 27.7 Å². The minimum Gasteiger partial charge on any atom is -0.492 e. The summed E-state index contributed by atoms with van der Waals surface area (Å²) in [6, 6.07) is 7.17. The van der Waals surface area contributed by atoms with Gasteiger partial charge in [0, 0.05) is 45.3 Å². The molecule has 2 heterocycles. The highest BCUT2D eigenvalue weighted by Crippen LogP contribution is 2.20. The number of aryl methyl sites for hydroxylation is 2. The fraction of sp³-hybridized carbons (Fsp3) is 0.667. The highest BCUT2D eigenvalue weighted by atomic mass is 16.5. The molecule has 0 spiro atoms. The van der Waals surface area contributed by atoms with Crippen molar-refractivity contribution in [3.63, 3.8) is 0 Å². The van der Waals surface area contributed by atoms with Crippen LogP contribution in [-0.4, -0.2) is 68.3 Å². The number of piperazine rings is 1. The van der Waals surface area contributed by atoms with Gasteiger partial charge < -0.3 is 10.1 Å². The summed E-state index contributed by atoms with van der Waals surface area (Å²) in [5, 5.41) is 3.44. The lowest BCUT2D eigenvalue weighted by atomic mass is 10.1. The first-order valence-electron chi connectivity index (χ1n) is 8.59. The van der Waals surface area contributed by atoms with Crippen molar-refractivity contribution in [2.45, 2.75) is 26.3 Å². The van der Waals surface area contributed by atoms with Crippen molar-refractivity contribution < 1.29 is 4.74 Å². The molecule has 2 saturated heterocycles. The Hall–Kier alpha value is -1.10. The van der Waals surface area contributed by atoms with Gasteiger partial charge in [-0.15, -0.1) is 0 Å². The summed E-state index contributed by atoms with van der Waals surface area (Å²) in [7, 11) is 0. The molecule has 1 N–H and O–H groups in total. The number of nitrogens with one attached hydrogen (secondary N) is 1. The summed E-state index contributed by atoms with van der Waals surface area (Å²) in [5.74, 6) is 1.04. The third kappa shape index (κ3) is 4.00. The number of likely N-dealkylation sites (tertiary alicyclic amines) is 1. The molecule has 1 unspecified atom stereocenters. The van der Waals surface area contributed by atoms with E-state index in [9.17, 15) is 0 Å². The normalized spacial score (nSPS) is 23.8. The van der Waals surface area contributed by atoms with E-state index < -0.39 is 0 Å². The fourth-order valence-electron chi connectivity index (χ4n) is 3.51. The molecule has 122 valence electrons. The van der Waals surface area contributed by atoms with Crippen LogP contribution in [0.1, 0.15) is 17.5 Å². The Kier molecular flexibility index (Phi) is 5.34. The summed E-state index contributed by atoms with van der Waals surface area (Å²) in [4.78, 5) is 5.21. The zero-order valence-electron chi connectivity index (χ0n) is 14.0. The van der Waals surface area contributed by atoms with Gasteiger partial charge >= 0.3 is 0 Å². The maximum absolute atomic E-state index is 5.99. The van der Waals surface area contributed by atoms with Gasteiger partial charge in [-0.1, -0.05) is 12.1 Å². The molecule has 2 aliphatic rings. The van der Waals surface area contributed by atoms with Gasteiger partial charge in [0.1, 0.15) is 12.4 Å². The van der Waals surface area contributed by atoms with E-state index in [1.807, 2.05) is 0 Å². The van der Waals surface area contributed by atoms with Crippen molar-refractivity contribution in [1.82, 2.24) is 15.1 Å². The summed E-state index contributed by atoms with van der Waals surface area (Å²) >= 11 is 0. The third-order valence-corrected chi connectivity index (χ3v) is 4.92. The first-order valence-corrected chi connectivity index (χ1v) is 8.59. The second kappa shape index (κ2) is 7.44. The van der Waals surface area contributed by atoms with Crippen LogP contribution >= 0.6 is 0 Å². The van der Waals surface area contributed by atoms with E-state index in [1.165, 1.54) is 43.7 Å². The largest absolute Gasteiger partial charge is 0.492 e. The fourth-order valence-corrected chi connectivity index (χ4v) is 3.51. The quantitative estimate of drug-likeness (QED) is 0.895. The van der Waals surface area contributed by atoms with Crippen LogP contribution < -0.4 is 10.1 Å². The van der Waals surface area contributed by atoms with Gasteiger partial charge in [0.15, 0.2) is 0 Å². The summed E-state index contributed by atoms with van der Waals surface area (Å²) in [6.45, 7) is 13.2. The Labute approximate surface area is 134 Å². The average molecular weight is 303 g/mol.